The van der Waals surface area contributed by atoms with Crippen LogP contribution in [0.15, 0.2) is 24.3 Å². The molecule has 3 heteroatoms. The fraction of sp³-hybridized carbons (Fsp3) is 0.467. The van der Waals surface area contributed by atoms with E-state index in [1.807, 2.05) is 0 Å². The molecule has 0 aliphatic heterocycles. The molecular formula is C15H17FO2. The number of hydrogen-bond donors (Lipinski definition) is 0. The summed E-state index contributed by atoms with van der Waals surface area (Å²) in [5, 5.41) is 0. The Balaban J connectivity index is 2.01. The molecule has 0 N–H and O–H groups in total. The van der Waals surface area contributed by atoms with E-state index in [1.165, 1.54) is 24.3 Å². The summed E-state index contributed by atoms with van der Waals surface area (Å²) < 4.78 is 12.8. The van der Waals surface area contributed by atoms with Crippen LogP contribution in [0.3, 0.4) is 0 Å². The van der Waals surface area contributed by atoms with Crippen molar-refractivity contribution in [3.8, 4) is 0 Å². The van der Waals surface area contributed by atoms with Crippen molar-refractivity contribution < 1.29 is 14.0 Å². The van der Waals surface area contributed by atoms with E-state index in [-0.39, 0.29) is 29.7 Å². The third-order valence-electron chi connectivity index (χ3n) is 3.53. The predicted molar refractivity (Wildman–Crippen MR) is 66.9 cm³/mol. The minimum atomic E-state index is -0.350. The molecule has 0 aromatic heterocycles. The first-order valence-corrected chi connectivity index (χ1v) is 6.48. The molecule has 0 radical (unpaired) electrons. The van der Waals surface area contributed by atoms with E-state index in [0.717, 1.165) is 25.7 Å². The molecule has 18 heavy (non-hydrogen) atoms. The SMILES string of the molecule is O=C(CC1CCCCCC1=O)c1ccc(F)cc1. The van der Waals surface area contributed by atoms with Crippen molar-refractivity contribution in [3.63, 3.8) is 0 Å². The van der Waals surface area contributed by atoms with Gasteiger partial charge >= 0.3 is 0 Å². The van der Waals surface area contributed by atoms with Crippen LogP contribution in [0.1, 0.15) is 48.9 Å². The summed E-state index contributed by atoms with van der Waals surface area (Å²) in [6.45, 7) is 0. The van der Waals surface area contributed by atoms with E-state index < -0.39 is 0 Å². The molecule has 0 spiro atoms. The van der Waals surface area contributed by atoms with Crippen LogP contribution in [-0.4, -0.2) is 11.6 Å². The largest absolute Gasteiger partial charge is 0.299 e. The third kappa shape index (κ3) is 3.25. The van der Waals surface area contributed by atoms with Crippen LogP contribution in [0.2, 0.25) is 0 Å². The van der Waals surface area contributed by atoms with Gasteiger partial charge in [-0.05, 0) is 37.1 Å². The maximum absolute atomic E-state index is 12.8. The molecule has 1 fully saturated rings. The summed E-state index contributed by atoms with van der Waals surface area (Å²) in [6, 6.07) is 5.53. The number of carbonyl (C=O) groups excluding carboxylic acids is 2. The van der Waals surface area contributed by atoms with E-state index in [1.54, 1.807) is 0 Å². The second kappa shape index (κ2) is 5.89. The van der Waals surface area contributed by atoms with Crippen LogP contribution in [0.25, 0.3) is 0 Å². The van der Waals surface area contributed by atoms with Gasteiger partial charge in [0.25, 0.3) is 0 Å². The zero-order chi connectivity index (χ0) is 13.0. The molecule has 2 rings (SSSR count). The monoisotopic (exact) mass is 248 g/mol. The van der Waals surface area contributed by atoms with E-state index in [0.29, 0.717) is 12.0 Å². The standard InChI is InChI=1S/C15H17FO2/c16-13-8-6-11(7-9-13)15(18)10-12-4-2-1-3-5-14(12)17/h6-9,12H,1-5,10H2. The van der Waals surface area contributed by atoms with Crippen molar-refractivity contribution in [2.45, 2.75) is 38.5 Å². The zero-order valence-corrected chi connectivity index (χ0v) is 10.3. The van der Waals surface area contributed by atoms with Crippen molar-refractivity contribution in [2.75, 3.05) is 0 Å². The van der Waals surface area contributed by atoms with Crippen molar-refractivity contribution >= 4 is 11.6 Å². The lowest BCUT2D eigenvalue weighted by Gasteiger charge is -2.11. The highest BCUT2D eigenvalue weighted by Crippen LogP contribution is 2.24. The van der Waals surface area contributed by atoms with Gasteiger partial charge in [0.1, 0.15) is 11.6 Å². The van der Waals surface area contributed by atoms with Crippen LogP contribution >= 0.6 is 0 Å². The maximum Gasteiger partial charge on any atom is 0.163 e. The highest BCUT2D eigenvalue weighted by molar-refractivity contribution is 5.98. The van der Waals surface area contributed by atoms with Gasteiger partial charge in [-0.1, -0.05) is 12.8 Å². The summed E-state index contributed by atoms with van der Waals surface area (Å²) in [5.74, 6) is -0.333. The molecule has 1 aromatic carbocycles. The summed E-state index contributed by atoms with van der Waals surface area (Å²) in [4.78, 5) is 23.8. The third-order valence-corrected chi connectivity index (χ3v) is 3.53. The van der Waals surface area contributed by atoms with E-state index in [2.05, 4.69) is 0 Å². The van der Waals surface area contributed by atoms with Crippen LogP contribution in [0.4, 0.5) is 4.39 Å². The van der Waals surface area contributed by atoms with Gasteiger partial charge in [0.05, 0.1) is 0 Å². The van der Waals surface area contributed by atoms with E-state index >= 15 is 0 Å². The van der Waals surface area contributed by atoms with Crippen molar-refractivity contribution in [1.29, 1.82) is 0 Å². The van der Waals surface area contributed by atoms with Crippen molar-refractivity contribution in [3.05, 3.63) is 35.6 Å². The fourth-order valence-corrected chi connectivity index (χ4v) is 2.43. The molecule has 0 heterocycles. The Bertz CT molecular complexity index is 436. The van der Waals surface area contributed by atoms with Gasteiger partial charge in [0.15, 0.2) is 5.78 Å². The van der Waals surface area contributed by atoms with Crippen molar-refractivity contribution in [2.24, 2.45) is 5.92 Å². The zero-order valence-electron chi connectivity index (χ0n) is 10.3. The highest BCUT2D eigenvalue weighted by atomic mass is 19.1. The van der Waals surface area contributed by atoms with Crippen LogP contribution in [-0.2, 0) is 4.79 Å². The first-order valence-electron chi connectivity index (χ1n) is 6.48. The van der Waals surface area contributed by atoms with Crippen LogP contribution in [0, 0.1) is 11.7 Å². The topological polar surface area (TPSA) is 34.1 Å². The number of halogens is 1. The van der Waals surface area contributed by atoms with Gasteiger partial charge in [-0.25, -0.2) is 4.39 Å². The van der Waals surface area contributed by atoms with Gasteiger partial charge in [-0.3, -0.25) is 9.59 Å². The Morgan fingerprint density at radius 2 is 1.89 bits per heavy atom. The number of ketones is 2. The molecule has 0 bridgehead atoms. The van der Waals surface area contributed by atoms with Crippen LogP contribution < -0.4 is 0 Å². The lowest BCUT2D eigenvalue weighted by atomic mass is 9.91. The number of Topliss-reactive ketones (excluding diaryl/α,β-unsaturated/α-hetero) is 2. The summed E-state index contributed by atoms with van der Waals surface area (Å²) in [6.07, 6.45) is 4.72. The van der Waals surface area contributed by atoms with E-state index in [9.17, 15) is 14.0 Å². The molecule has 1 aromatic rings. The Hall–Kier alpha value is -1.51. The van der Waals surface area contributed by atoms with Gasteiger partial charge in [-0.2, -0.15) is 0 Å². The normalized spacial score (nSPS) is 20.5. The average Bonchev–Trinajstić information content (AvgIpc) is 2.56. The Kier molecular flexibility index (Phi) is 4.24. The molecule has 0 amide bonds. The molecule has 0 saturated heterocycles. The molecule has 1 aliphatic carbocycles. The van der Waals surface area contributed by atoms with Gasteiger partial charge in [-0.15, -0.1) is 0 Å². The van der Waals surface area contributed by atoms with Gasteiger partial charge < -0.3 is 0 Å². The highest BCUT2D eigenvalue weighted by Gasteiger charge is 2.23. The quantitative estimate of drug-likeness (QED) is 0.605. The van der Waals surface area contributed by atoms with Gasteiger partial charge in [0.2, 0.25) is 0 Å². The van der Waals surface area contributed by atoms with Crippen LogP contribution in [0.5, 0.6) is 0 Å². The Morgan fingerprint density at radius 1 is 1.17 bits per heavy atom. The fourth-order valence-electron chi connectivity index (χ4n) is 2.43. The maximum atomic E-state index is 12.8. The second-order valence-corrected chi connectivity index (χ2v) is 4.90. The lowest BCUT2D eigenvalue weighted by molar-refractivity contribution is -0.122. The number of carbonyl (C=O) groups is 2. The number of hydrogen-bond acceptors (Lipinski definition) is 2. The Morgan fingerprint density at radius 3 is 2.61 bits per heavy atom. The number of benzene rings is 1. The Labute approximate surface area is 106 Å². The first kappa shape index (κ1) is 12.9. The number of rotatable bonds is 3. The smallest absolute Gasteiger partial charge is 0.163 e. The first-order chi connectivity index (χ1) is 8.66. The van der Waals surface area contributed by atoms with E-state index in [4.69, 9.17) is 0 Å². The summed E-state index contributed by atoms with van der Waals surface area (Å²) in [5.41, 5.74) is 0.494. The molecule has 1 atom stereocenters. The van der Waals surface area contributed by atoms with Gasteiger partial charge in [0, 0.05) is 24.3 Å². The van der Waals surface area contributed by atoms with Crippen molar-refractivity contribution in [1.82, 2.24) is 0 Å². The molecule has 2 nitrogen and oxygen atoms in total. The minimum Gasteiger partial charge on any atom is -0.299 e. The lowest BCUT2D eigenvalue weighted by Crippen LogP contribution is -2.17. The molecule has 1 aliphatic rings. The predicted octanol–water partition coefficient (Wildman–Crippen LogP) is 3.55. The molecular weight excluding hydrogens is 231 g/mol. The minimum absolute atomic E-state index is 0.0600. The second-order valence-electron chi connectivity index (χ2n) is 4.90. The average molecular weight is 248 g/mol. The summed E-state index contributed by atoms with van der Waals surface area (Å²) in [7, 11) is 0. The molecule has 96 valence electrons. The molecule has 1 unspecified atom stereocenters. The summed E-state index contributed by atoms with van der Waals surface area (Å²) >= 11 is 0. The molecule has 1 saturated carbocycles.